The largest absolute Gasteiger partial charge is 0.323 e. The van der Waals surface area contributed by atoms with Crippen LogP contribution in [0.15, 0.2) is 58.3 Å². The predicted octanol–water partition coefficient (Wildman–Crippen LogP) is 3.99. The summed E-state index contributed by atoms with van der Waals surface area (Å²) in [7, 11) is -3.67. The first kappa shape index (κ1) is 17.1. The number of benzene rings is 1. The first-order valence-electron chi connectivity index (χ1n) is 8.30. The van der Waals surface area contributed by atoms with E-state index >= 15 is 0 Å². The third-order valence-electron chi connectivity index (χ3n) is 4.22. The van der Waals surface area contributed by atoms with E-state index in [0.29, 0.717) is 11.6 Å². The van der Waals surface area contributed by atoms with Crippen molar-refractivity contribution in [3.63, 3.8) is 0 Å². The number of anilines is 2. The second-order valence-corrected chi connectivity index (χ2v) is 8.72. The molecular formula is C18H17ClN4O2S. The van der Waals surface area contributed by atoms with Crippen LogP contribution < -0.4 is 5.32 Å². The van der Waals surface area contributed by atoms with Crippen molar-refractivity contribution in [3.8, 4) is 0 Å². The molecule has 1 aliphatic carbocycles. The second-order valence-electron chi connectivity index (χ2n) is 6.38. The van der Waals surface area contributed by atoms with Crippen LogP contribution in [0.5, 0.6) is 0 Å². The lowest BCUT2D eigenvalue weighted by atomic mass is 10.2. The molecule has 2 aromatic heterocycles. The minimum atomic E-state index is -3.67. The monoisotopic (exact) mass is 388 g/mol. The zero-order chi connectivity index (χ0) is 18.1. The summed E-state index contributed by atoms with van der Waals surface area (Å²) < 4.78 is 25.6. The number of aromatic nitrogens is 3. The average Bonchev–Trinajstić information content (AvgIpc) is 3.33. The van der Waals surface area contributed by atoms with Crippen LogP contribution in [0.4, 0.5) is 11.6 Å². The van der Waals surface area contributed by atoms with Crippen LogP contribution in [-0.4, -0.2) is 23.6 Å². The van der Waals surface area contributed by atoms with Crippen molar-refractivity contribution in [2.45, 2.75) is 29.1 Å². The number of rotatable bonds is 6. The Morgan fingerprint density at radius 1 is 1.08 bits per heavy atom. The summed E-state index contributed by atoms with van der Waals surface area (Å²) in [5.74, 6) is 1.66. The smallest absolute Gasteiger partial charge is 0.206 e. The second kappa shape index (κ2) is 6.74. The molecule has 0 saturated heterocycles. The van der Waals surface area contributed by atoms with E-state index < -0.39 is 9.84 Å². The fraction of sp³-hybridized carbons (Fsp3) is 0.222. The summed E-state index contributed by atoms with van der Waals surface area (Å²) in [6, 6.07) is 12.9. The van der Waals surface area contributed by atoms with Crippen molar-refractivity contribution in [1.29, 1.82) is 0 Å². The molecule has 1 saturated carbocycles. The first-order chi connectivity index (χ1) is 12.5. The van der Waals surface area contributed by atoms with E-state index in [1.165, 1.54) is 25.0 Å². The van der Waals surface area contributed by atoms with Gasteiger partial charge in [-0.15, -0.1) is 0 Å². The maximum Gasteiger partial charge on any atom is 0.206 e. The Morgan fingerprint density at radius 2 is 1.85 bits per heavy atom. The molecule has 0 aliphatic heterocycles. The van der Waals surface area contributed by atoms with Crippen LogP contribution in [0, 0.1) is 5.92 Å². The molecule has 0 radical (unpaired) electrons. The Hall–Kier alpha value is -2.38. The van der Waals surface area contributed by atoms with Crippen LogP contribution in [0.1, 0.15) is 18.5 Å². The van der Waals surface area contributed by atoms with Crippen LogP contribution in [0.25, 0.3) is 0 Å². The van der Waals surface area contributed by atoms with Gasteiger partial charge in [-0.3, -0.25) is 5.10 Å². The molecule has 3 aromatic rings. The van der Waals surface area contributed by atoms with E-state index in [9.17, 15) is 8.42 Å². The highest BCUT2D eigenvalue weighted by Gasteiger charge is 2.23. The lowest BCUT2D eigenvalue weighted by Crippen LogP contribution is -2.04. The lowest BCUT2D eigenvalue weighted by Gasteiger charge is -2.08. The molecule has 0 amide bonds. The van der Waals surface area contributed by atoms with Gasteiger partial charge >= 0.3 is 0 Å². The van der Waals surface area contributed by atoms with Gasteiger partial charge in [0.25, 0.3) is 0 Å². The molecule has 0 bridgehead atoms. The summed E-state index contributed by atoms with van der Waals surface area (Å²) in [6.45, 7) is 0. The number of aromatic amines is 1. The summed E-state index contributed by atoms with van der Waals surface area (Å²) in [6.07, 6.45) is 3.50. The number of sulfone groups is 1. The fourth-order valence-electron chi connectivity index (χ4n) is 2.72. The fourth-order valence-corrected chi connectivity index (χ4v) is 4.32. The minimum Gasteiger partial charge on any atom is -0.323 e. The summed E-state index contributed by atoms with van der Waals surface area (Å²) >= 11 is 6.05. The molecule has 1 fully saturated rings. The minimum absolute atomic E-state index is 0.0833. The first-order valence-corrected chi connectivity index (χ1v) is 10.2. The quantitative estimate of drug-likeness (QED) is 0.623. The molecule has 134 valence electrons. The molecule has 0 atom stereocenters. The Kier molecular flexibility index (Phi) is 4.42. The van der Waals surface area contributed by atoms with Gasteiger partial charge in [0, 0.05) is 11.8 Å². The summed E-state index contributed by atoms with van der Waals surface area (Å²) in [4.78, 5) is 4.45. The SMILES string of the molecule is O=S(=O)(c1ccccc1)c1cc(Cl)nc(Nc2cc(CC3CC3)[nH]n2)c1. The van der Waals surface area contributed by atoms with Gasteiger partial charge < -0.3 is 5.32 Å². The Labute approximate surface area is 156 Å². The summed E-state index contributed by atoms with van der Waals surface area (Å²) in [5.41, 5.74) is 1.05. The molecule has 0 unspecified atom stereocenters. The number of H-pyrrole nitrogens is 1. The van der Waals surface area contributed by atoms with E-state index in [0.717, 1.165) is 18.0 Å². The van der Waals surface area contributed by atoms with Gasteiger partial charge in [0.15, 0.2) is 5.82 Å². The Balaban J connectivity index is 1.61. The number of halogens is 1. The molecule has 2 N–H and O–H groups in total. The third-order valence-corrected chi connectivity index (χ3v) is 6.17. The van der Waals surface area contributed by atoms with Gasteiger partial charge in [0.2, 0.25) is 9.84 Å². The maximum absolute atomic E-state index is 12.8. The van der Waals surface area contributed by atoms with E-state index in [1.807, 2.05) is 6.07 Å². The van der Waals surface area contributed by atoms with Gasteiger partial charge in [-0.2, -0.15) is 5.10 Å². The van der Waals surface area contributed by atoms with E-state index in [1.54, 1.807) is 30.3 Å². The molecule has 1 aromatic carbocycles. The third kappa shape index (κ3) is 3.73. The number of nitrogens with one attached hydrogen (secondary N) is 2. The summed E-state index contributed by atoms with van der Waals surface area (Å²) in [5, 5.41) is 10.3. The standard InChI is InChI=1S/C18H17ClN4O2S/c19-16-10-15(26(24,25)14-4-2-1-3-5-14)11-17(20-16)21-18-9-13(22-23-18)8-12-6-7-12/h1-5,9-12H,6-8H2,(H2,20,21,22,23). The molecule has 2 heterocycles. The van der Waals surface area contributed by atoms with Crippen molar-refractivity contribution in [3.05, 3.63) is 59.4 Å². The van der Waals surface area contributed by atoms with Gasteiger partial charge in [-0.25, -0.2) is 13.4 Å². The van der Waals surface area contributed by atoms with E-state index in [2.05, 4.69) is 20.5 Å². The van der Waals surface area contributed by atoms with Crippen molar-refractivity contribution < 1.29 is 8.42 Å². The van der Waals surface area contributed by atoms with Crippen molar-refractivity contribution in [1.82, 2.24) is 15.2 Å². The molecular weight excluding hydrogens is 372 g/mol. The van der Waals surface area contributed by atoms with Crippen LogP contribution in [0.2, 0.25) is 5.15 Å². The predicted molar refractivity (Wildman–Crippen MR) is 99.4 cm³/mol. The van der Waals surface area contributed by atoms with Crippen molar-refractivity contribution >= 4 is 33.1 Å². The van der Waals surface area contributed by atoms with E-state index in [4.69, 9.17) is 11.6 Å². The van der Waals surface area contributed by atoms with Gasteiger partial charge in [0.1, 0.15) is 11.0 Å². The highest BCUT2D eigenvalue weighted by Crippen LogP contribution is 2.32. The Morgan fingerprint density at radius 3 is 2.58 bits per heavy atom. The van der Waals surface area contributed by atoms with Crippen LogP contribution >= 0.6 is 11.6 Å². The average molecular weight is 389 g/mol. The van der Waals surface area contributed by atoms with Gasteiger partial charge in [-0.05, 0) is 49.4 Å². The highest BCUT2D eigenvalue weighted by atomic mass is 35.5. The van der Waals surface area contributed by atoms with Gasteiger partial charge in [-0.1, -0.05) is 29.8 Å². The topological polar surface area (TPSA) is 87.7 Å². The Bertz CT molecular complexity index is 1030. The van der Waals surface area contributed by atoms with Crippen LogP contribution in [0.3, 0.4) is 0 Å². The zero-order valence-corrected chi connectivity index (χ0v) is 15.4. The molecule has 26 heavy (non-hydrogen) atoms. The molecule has 8 heteroatoms. The van der Waals surface area contributed by atoms with Crippen LogP contribution in [-0.2, 0) is 16.3 Å². The number of nitrogens with zero attached hydrogens (tertiary/aromatic N) is 2. The zero-order valence-electron chi connectivity index (χ0n) is 13.8. The molecule has 0 spiro atoms. The van der Waals surface area contributed by atoms with Crippen molar-refractivity contribution in [2.75, 3.05) is 5.32 Å². The molecule has 4 rings (SSSR count). The van der Waals surface area contributed by atoms with Crippen molar-refractivity contribution in [2.24, 2.45) is 5.92 Å². The number of pyridine rings is 1. The molecule has 6 nitrogen and oxygen atoms in total. The normalized spacial score (nSPS) is 14.3. The lowest BCUT2D eigenvalue weighted by molar-refractivity contribution is 0.596. The number of hydrogen-bond donors (Lipinski definition) is 2. The van der Waals surface area contributed by atoms with Gasteiger partial charge in [0.05, 0.1) is 9.79 Å². The highest BCUT2D eigenvalue weighted by molar-refractivity contribution is 7.91. The maximum atomic E-state index is 12.8. The molecule has 1 aliphatic rings. The number of hydrogen-bond acceptors (Lipinski definition) is 5. The van der Waals surface area contributed by atoms with E-state index in [-0.39, 0.29) is 14.9 Å².